The molecular weight excluding hydrogens is 254 g/mol. The van der Waals surface area contributed by atoms with Gasteiger partial charge in [-0.2, -0.15) is 0 Å². The molecule has 0 aliphatic rings. The van der Waals surface area contributed by atoms with E-state index in [9.17, 15) is 0 Å². The molecule has 0 fully saturated rings. The molecule has 1 aromatic carbocycles. The third-order valence-electron chi connectivity index (χ3n) is 2.12. The number of rotatable bonds is 3. The Bertz CT molecular complexity index is 514. The largest absolute Gasteiger partial charge is 0.325 e. The second-order valence-corrected chi connectivity index (χ2v) is 5.02. The summed E-state index contributed by atoms with van der Waals surface area (Å²) in [5.41, 5.74) is 7.37. The van der Waals surface area contributed by atoms with Crippen LogP contribution in [0, 0.1) is 6.92 Å². The molecule has 1 heterocycles. The molecule has 0 unspecified atom stereocenters. The summed E-state index contributed by atoms with van der Waals surface area (Å²) in [5.74, 6) is 0. The van der Waals surface area contributed by atoms with Crippen LogP contribution in [0.3, 0.4) is 0 Å². The SMILES string of the molecule is Cc1cc(CN)nc(Sc2ccc(Cl)cc2)n1. The van der Waals surface area contributed by atoms with E-state index in [2.05, 4.69) is 9.97 Å². The minimum Gasteiger partial charge on any atom is -0.325 e. The van der Waals surface area contributed by atoms with Crippen molar-refractivity contribution >= 4 is 23.4 Å². The standard InChI is InChI=1S/C12H12ClN3S/c1-8-6-10(7-14)16-12(15-8)17-11-4-2-9(13)3-5-11/h2-6H,7,14H2,1H3. The first-order valence-electron chi connectivity index (χ1n) is 5.15. The molecule has 2 rings (SSSR count). The average Bonchev–Trinajstić information content (AvgIpc) is 2.31. The molecule has 3 nitrogen and oxygen atoms in total. The second-order valence-electron chi connectivity index (χ2n) is 3.54. The maximum absolute atomic E-state index is 5.83. The highest BCUT2D eigenvalue weighted by atomic mass is 35.5. The Hall–Kier alpha value is -1.10. The van der Waals surface area contributed by atoms with E-state index < -0.39 is 0 Å². The van der Waals surface area contributed by atoms with Gasteiger partial charge in [-0.3, -0.25) is 0 Å². The first-order valence-corrected chi connectivity index (χ1v) is 6.35. The van der Waals surface area contributed by atoms with E-state index in [0.717, 1.165) is 21.3 Å². The van der Waals surface area contributed by atoms with Gasteiger partial charge in [-0.15, -0.1) is 0 Å². The van der Waals surface area contributed by atoms with Crippen LogP contribution in [0.15, 0.2) is 40.4 Å². The average molecular weight is 266 g/mol. The van der Waals surface area contributed by atoms with Crippen molar-refractivity contribution in [3.8, 4) is 0 Å². The lowest BCUT2D eigenvalue weighted by Gasteiger charge is -2.04. The Labute approximate surface area is 109 Å². The fourth-order valence-electron chi connectivity index (χ4n) is 1.36. The van der Waals surface area contributed by atoms with Gasteiger partial charge in [0.05, 0.1) is 5.69 Å². The number of nitrogens with zero attached hydrogens (tertiary/aromatic N) is 2. The van der Waals surface area contributed by atoms with Crippen LogP contribution in [0.5, 0.6) is 0 Å². The molecule has 1 aromatic heterocycles. The number of hydrogen-bond acceptors (Lipinski definition) is 4. The van der Waals surface area contributed by atoms with Crippen molar-refractivity contribution < 1.29 is 0 Å². The van der Waals surface area contributed by atoms with Gasteiger partial charge in [0.15, 0.2) is 5.16 Å². The van der Waals surface area contributed by atoms with E-state index in [4.69, 9.17) is 17.3 Å². The van der Waals surface area contributed by atoms with Crippen LogP contribution in [0.4, 0.5) is 0 Å². The van der Waals surface area contributed by atoms with Crippen LogP contribution >= 0.6 is 23.4 Å². The molecule has 88 valence electrons. The van der Waals surface area contributed by atoms with Gasteiger partial charge in [-0.1, -0.05) is 11.6 Å². The van der Waals surface area contributed by atoms with Crippen molar-refractivity contribution in [1.82, 2.24) is 9.97 Å². The molecule has 17 heavy (non-hydrogen) atoms. The molecule has 0 atom stereocenters. The van der Waals surface area contributed by atoms with Gasteiger partial charge in [0.1, 0.15) is 0 Å². The zero-order valence-electron chi connectivity index (χ0n) is 9.35. The maximum Gasteiger partial charge on any atom is 0.192 e. The molecule has 0 saturated heterocycles. The zero-order chi connectivity index (χ0) is 12.3. The summed E-state index contributed by atoms with van der Waals surface area (Å²) in [6.45, 7) is 2.37. The molecule has 0 aliphatic heterocycles. The van der Waals surface area contributed by atoms with Gasteiger partial charge in [-0.25, -0.2) is 9.97 Å². The molecule has 0 spiro atoms. The van der Waals surface area contributed by atoms with Gasteiger partial charge < -0.3 is 5.73 Å². The first kappa shape index (κ1) is 12.4. The zero-order valence-corrected chi connectivity index (χ0v) is 10.9. The fourth-order valence-corrected chi connectivity index (χ4v) is 2.32. The summed E-state index contributed by atoms with van der Waals surface area (Å²) < 4.78 is 0. The number of benzene rings is 1. The summed E-state index contributed by atoms with van der Waals surface area (Å²) in [6, 6.07) is 9.49. The Morgan fingerprint density at radius 2 is 1.94 bits per heavy atom. The number of nitrogens with two attached hydrogens (primary N) is 1. The number of aryl methyl sites for hydroxylation is 1. The number of hydrogen-bond donors (Lipinski definition) is 1. The first-order chi connectivity index (χ1) is 8.17. The smallest absolute Gasteiger partial charge is 0.192 e. The van der Waals surface area contributed by atoms with Crippen molar-refractivity contribution in [2.45, 2.75) is 23.5 Å². The monoisotopic (exact) mass is 265 g/mol. The molecule has 0 radical (unpaired) electrons. The van der Waals surface area contributed by atoms with Crippen molar-refractivity contribution in [3.63, 3.8) is 0 Å². The highest BCUT2D eigenvalue weighted by Crippen LogP contribution is 2.26. The van der Waals surface area contributed by atoms with Crippen molar-refractivity contribution in [2.75, 3.05) is 0 Å². The Balaban J connectivity index is 2.23. The summed E-state index contributed by atoms with van der Waals surface area (Å²) in [6.07, 6.45) is 0. The molecule has 0 saturated carbocycles. The third-order valence-corrected chi connectivity index (χ3v) is 3.24. The normalized spacial score (nSPS) is 10.5. The molecular formula is C12H12ClN3S. The number of halogens is 1. The Morgan fingerprint density at radius 3 is 2.59 bits per heavy atom. The summed E-state index contributed by atoms with van der Waals surface area (Å²) in [4.78, 5) is 9.78. The molecule has 2 aromatic rings. The van der Waals surface area contributed by atoms with Crippen LogP contribution in [0.25, 0.3) is 0 Å². The van der Waals surface area contributed by atoms with Crippen LogP contribution in [0.2, 0.25) is 5.02 Å². The Morgan fingerprint density at radius 1 is 1.24 bits per heavy atom. The molecule has 0 bridgehead atoms. The van der Waals surface area contributed by atoms with Gasteiger partial charge in [0, 0.05) is 22.2 Å². The molecule has 0 amide bonds. The fraction of sp³-hybridized carbons (Fsp3) is 0.167. The quantitative estimate of drug-likeness (QED) is 0.867. The lowest BCUT2D eigenvalue weighted by molar-refractivity contribution is 0.854. The minimum atomic E-state index is 0.428. The summed E-state index contributed by atoms with van der Waals surface area (Å²) in [5, 5.41) is 1.44. The molecule has 5 heteroatoms. The molecule has 2 N–H and O–H groups in total. The highest BCUT2D eigenvalue weighted by molar-refractivity contribution is 7.99. The van der Waals surface area contributed by atoms with Crippen molar-refractivity contribution in [3.05, 3.63) is 46.7 Å². The number of aromatic nitrogens is 2. The van der Waals surface area contributed by atoms with E-state index in [1.54, 1.807) is 0 Å². The van der Waals surface area contributed by atoms with Gasteiger partial charge in [0.25, 0.3) is 0 Å². The summed E-state index contributed by atoms with van der Waals surface area (Å²) >= 11 is 7.33. The second kappa shape index (κ2) is 5.49. The van der Waals surface area contributed by atoms with Gasteiger partial charge in [0.2, 0.25) is 0 Å². The maximum atomic E-state index is 5.83. The van der Waals surface area contributed by atoms with Crippen LogP contribution in [0.1, 0.15) is 11.4 Å². The van der Waals surface area contributed by atoms with Gasteiger partial charge >= 0.3 is 0 Å². The Kier molecular flexibility index (Phi) is 3.99. The van der Waals surface area contributed by atoms with E-state index in [-0.39, 0.29) is 0 Å². The van der Waals surface area contributed by atoms with E-state index in [0.29, 0.717) is 11.7 Å². The molecule has 0 aliphatic carbocycles. The summed E-state index contributed by atoms with van der Waals surface area (Å²) in [7, 11) is 0. The lowest BCUT2D eigenvalue weighted by Crippen LogP contribution is -2.02. The van der Waals surface area contributed by atoms with Gasteiger partial charge in [-0.05, 0) is 49.0 Å². The van der Waals surface area contributed by atoms with Crippen molar-refractivity contribution in [1.29, 1.82) is 0 Å². The third kappa shape index (κ3) is 3.43. The predicted molar refractivity (Wildman–Crippen MR) is 70.2 cm³/mol. The topological polar surface area (TPSA) is 51.8 Å². The lowest BCUT2D eigenvalue weighted by atomic mass is 10.3. The van der Waals surface area contributed by atoms with Crippen LogP contribution in [-0.4, -0.2) is 9.97 Å². The van der Waals surface area contributed by atoms with E-state index in [1.165, 1.54) is 11.8 Å². The highest BCUT2D eigenvalue weighted by Gasteiger charge is 2.03. The van der Waals surface area contributed by atoms with Crippen LogP contribution < -0.4 is 5.73 Å². The minimum absolute atomic E-state index is 0.428. The van der Waals surface area contributed by atoms with E-state index in [1.807, 2.05) is 37.3 Å². The predicted octanol–water partition coefficient (Wildman–Crippen LogP) is 3.05. The van der Waals surface area contributed by atoms with Crippen molar-refractivity contribution in [2.24, 2.45) is 5.73 Å². The van der Waals surface area contributed by atoms with Crippen LogP contribution in [-0.2, 0) is 6.54 Å². The van der Waals surface area contributed by atoms with E-state index >= 15 is 0 Å².